The normalized spacial score (nSPS) is 11.8. The number of aryl methyl sites for hydroxylation is 1. The highest BCUT2D eigenvalue weighted by molar-refractivity contribution is 5.54. The Kier molecular flexibility index (Phi) is 2.46. The van der Waals surface area contributed by atoms with E-state index in [-0.39, 0.29) is 5.89 Å². The van der Waals surface area contributed by atoms with E-state index in [1.807, 2.05) is 0 Å². The third-order valence-corrected chi connectivity index (χ3v) is 2.06. The van der Waals surface area contributed by atoms with Gasteiger partial charge in [-0.15, -0.1) is 0 Å². The smallest absolute Gasteiger partial charge is 0.416 e. The molecule has 2 rings (SSSR count). The first-order valence-electron chi connectivity index (χ1n) is 4.57. The molecular weight excluding hydrogens is 219 g/mol. The van der Waals surface area contributed by atoms with Gasteiger partial charge in [0.05, 0.1) is 11.8 Å². The Morgan fingerprint density at radius 3 is 2.56 bits per heavy atom. The Labute approximate surface area is 89.7 Å². The van der Waals surface area contributed by atoms with E-state index in [1.165, 1.54) is 18.3 Å². The van der Waals surface area contributed by atoms with Gasteiger partial charge in [-0.05, 0) is 25.1 Å². The lowest BCUT2D eigenvalue weighted by Gasteiger charge is -2.06. The highest BCUT2D eigenvalue weighted by atomic mass is 19.4. The summed E-state index contributed by atoms with van der Waals surface area (Å²) in [7, 11) is 0. The van der Waals surface area contributed by atoms with Crippen LogP contribution in [0.25, 0.3) is 11.5 Å². The van der Waals surface area contributed by atoms with Crippen LogP contribution < -0.4 is 0 Å². The van der Waals surface area contributed by atoms with Crippen molar-refractivity contribution in [2.45, 2.75) is 13.1 Å². The monoisotopic (exact) mass is 227 g/mol. The van der Waals surface area contributed by atoms with Gasteiger partial charge in [0.2, 0.25) is 5.89 Å². The molecule has 0 radical (unpaired) electrons. The third kappa shape index (κ3) is 2.08. The zero-order chi connectivity index (χ0) is 11.8. The zero-order valence-corrected chi connectivity index (χ0v) is 8.38. The topological polar surface area (TPSA) is 26.0 Å². The number of rotatable bonds is 1. The minimum atomic E-state index is -4.35. The van der Waals surface area contributed by atoms with E-state index >= 15 is 0 Å². The molecule has 0 bridgehead atoms. The van der Waals surface area contributed by atoms with Crippen LogP contribution in [0.5, 0.6) is 0 Å². The molecule has 0 N–H and O–H groups in total. The van der Waals surface area contributed by atoms with Crippen LogP contribution in [0.3, 0.4) is 0 Å². The Bertz CT molecular complexity index is 502. The standard InChI is InChI=1S/C11H8F3NO/c1-7-6-15-10(16-7)8-3-2-4-9(5-8)11(12,13)14/h2-6H,1H3. The van der Waals surface area contributed by atoms with Crippen LogP contribution in [0, 0.1) is 6.92 Å². The van der Waals surface area contributed by atoms with Gasteiger partial charge in [-0.25, -0.2) is 4.98 Å². The van der Waals surface area contributed by atoms with Crippen LogP contribution in [0.2, 0.25) is 0 Å². The van der Waals surface area contributed by atoms with Crippen LogP contribution in [0.15, 0.2) is 34.9 Å². The second-order valence-electron chi connectivity index (χ2n) is 3.35. The second kappa shape index (κ2) is 3.66. The summed E-state index contributed by atoms with van der Waals surface area (Å²) in [4.78, 5) is 3.88. The molecule has 0 fully saturated rings. The van der Waals surface area contributed by atoms with Gasteiger partial charge in [-0.3, -0.25) is 0 Å². The Balaban J connectivity index is 2.44. The number of aromatic nitrogens is 1. The van der Waals surface area contributed by atoms with E-state index in [2.05, 4.69) is 4.98 Å². The predicted molar refractivity (Wildman–Crippen MR) is 51.7 cm³/mol. The van der Waals surface area contributed by atoms with E-state index < -0.39 is 11.7 Å². The van der Waals surface area contributed by atoms with Crippen molar-refractivity contribution in [1.82, 2.24) is 4.98 Å². The summed E-state index contributed by atoms with van der Waals surface area (Å²) in [5.74, 6) is 0.760. The van der Waals surface area contributed by atoms with E-state index in [4.69, 9.17) is 4.42 Å². The second-order valence-corrected chi connectivity index (χ2v) is 3.35. The maximum atomic E-state index is 12.4. The molecule has 0 amide bonds. The molecule has 0 unspecified atom stereocenters. The largest absolute Gasteiger partial charge is 0.441 e. The fourth-order valence-corrected chi connectivity index (χ4v) is 1.32. The first-order chi connectivity index (χ1) is 7.47. The molecule has 0 aliphatic rings. The van der Waals surface area contributed by atoms with E-state index in [0.717, 1.165) is 12.1 Å². The van der Waals surface area contributed by atoms with Crippen LogP contribution in [-0.2, 0) is 6.18 Å². The summed E-state index contributed by atoms with van der Waals surface area (Å²) in [6.07, 6.45) is -2.88. The number of nitrogens with zero attached hydrogens (tertiary/aromatic N) is 1. The Hall–Kier alpha value is -1.78. The number of hydrogen-bond donors (Lipinski definition) is 0. The lowest BCUT2D eigenvalue weighted by atomic mass is 10.1. The van der Waals surface area contributed by atoms with Gasteiger partial charge >= 0.3 is 6.18 Å². The third-order valence-electron chi connectivity index (χ3n) is 2.06. The van der Waals surface area contributed by atoms with Crippen molar-refractivity contribution in [3.05, 3.63) is 41.8 Å². The maximum absolute atomic E-state index is 12.4. The molecule has 0 atom stereocenters. The lowest BCUT2D eigenvalue weighted by molar-refractivity contribution is -0.137. The molecule has 0 aliphatic carbocycles. The van der Waals surface area contributed by atoms with E-state index in [0.29, 0.717) is 11.3 Å². The number of alkyl halides is 3. The molecule has 0 saturated carbocycles. The molecular formula is C11H8F3NO. The van der Waals surface area contributed by atoms with Crippen LogP contribution in [0.1, 0.15) is 11.3 Å². The molecule has 0 saturated heterocycles. The van der Waals surface area contributed by atoms with Gasteiger partial charge in [0.25, 0.3) is 0 Å². The Morgan fingerprint density at radius 2 is 2.00 bits per heavy atom. The minimum Gasteiger partial charge on any atom is -0.441 e. The Morgan fingerprint density at radius 1 is 1.25 bits per heavy atom. The number of hydrogen-bond acceptors (Lipinski definition) is 2. The summed E-state index contributed by atoms with van der Waals surface area (Å²) < 4.78 is 42.5. The fraction of sp³-hybridized carbons (Fsp3) is 0.182. The number of benzene rings is 1. The molecule has 2 aromatic rings. The van der Waals surface area contributed by atoms with Gasteiger partial charge in [0, 0.05) is 5.56 Å². The van der Waals surface area contributed by atoms with Crippen LogP contribution in [0.4, 0.5) is 13.2 Å². The van der Waals surface area contributed by atoms with Gasteiger partial charge in [0.1, 0.15) is 5.76 Å². The van der Waals surface area contributed by atoms with Crippen molar-refractivity contribution < 1.29 is 17.6 Å². The zero-order valence-electron chi connectivity index (χ0n) is 8.38. The first kappa shape index (κ1) is 10.7. The van der Waals surface area contributed by atoms with Crippen molar-refractivity contribution in [3.63, 3.8) is 0 Å². The fourth-order valence-electron chi connectivity index (χ4n) is 1.32. The minimum absolute atomic E-state index is 0.198. The summed E-state index contributed by atoms with van der Waals surface area (Å²) >= 11 is 0. The molecule has 0 aliphatic heterocycles. The van der Waals surface area contributed by atoms with Crippen molar-refractivity contribution >= 4 is 0 Å². The van der Waals surface area contributed by atoms with Crippen LogP contribution in [-0.4, -0.2) is 4.98 Å². The first-order valence-corrected chi connectivity index (χ1v) is 4.57. The molecule has 84 valence electrons. The molecule has 5 heteroatoms. The van der Waals surface area contributed by atoms with Crippen LogP contribution >= 0.6 is 0 Å². The van der Waals surface area contributed by atoms with E-state index in [1.54, 1.807) is 6.92 Å². The highest BCUT2D eigenvalue weighted by Crippen LogP contribution is 2.31. The van der Waals surface area contributed by atoms with Crippen molar-refractivity contribution in [3.8, 4) is 11.5 Å². The van der Waals surface area contributed by atoms with Gasteiger partial charge in [0.15, 0.2) is 0 Å². The van der Waals surface area contributed by atoms with Crippen molar-refractivity contribution in [2.75, 3.05) is 0 Å². The van der Waals surface area contributed by atoms with Crippen molar-refractivity contribution in [2.24, 2.45) is 0 Å². The summed E-state index contributed by atoms with van der Waals surface area (Å²) in [5.41, 5.74) is -0.385. The SMILES string of the molecule is Cc1cnc(-c2cccc(C(F)(F)F)c2)o1. The quantitative estimate of drug-likeness (QED) is 0.742. The average molecular weight is 227 g/mol. The van der Waals surface area contributed by atoms with Gasteiger partial charge in [-0.1, -0.05) is 6.07 Å². The summed E-state index contributed by atoms with van der Waals surface area (Å²) in [6.45, 7) is 1.68. The lowest BCUT2D eigenvalue weighted by Crippen LogP contribution is -2.04. The molecule has 16 heavy (non-hydrogen) atoms. The molecule has 1 heterocycles. The summed E-state index contributed by atoms with van der Waals surface area (Å²) in [6, 6.07) is 4.89. The molecule has 2 nitrogen and oxygen atoms in total. The molecule has 1 aromatic heterocycles. The number of halogens is 3. The summed E-state index contributed by atoms with van der Waals surface area (Å²) in [5, 5.41) is 0. The highest BCUT2D eigenvalue weighted by Gasteiger charge is 2.30. The van der Waals surface area contributed by atoms with Gasteiger partial charge in [-0.2, -0.15) is 13.2 Å². The maximum Gasteiger partial charge on any atom is 0.416 e. The predicted octanol–water partition coefficient (Wildman–Crippen LogP) is 3.67. The molecule has 0 spiro atoms. The average Bonchev–Trinajstić information content (AvgIpc) is 2.64. The number of oxazole rings is 1. The van der Waals surface area contributed by atoms with Gasteiger partial charge < -0.3 is 4.42 Å². The van der Waals surface area contributed by atoms with Crippen molar-refractivity contribution in [1.29, 1.82) is 0 Å². The van der Waals surface area contributed by atoms with E-state index in [9.17, 15) is 13.2 Å². The molecule has 1 aromatic carbocycles.